The van der Waals surface area contributed by atoms with Gasteiger partial charge in [-0.2, -0.15) is 0 Å². The molecule has 0 amide bonds. The molecule has 0 spiro atoms. The van der Waals surface area contributed by atoms with Gasteiger partial charge in [-0.25, -0.2) is 8.42 Å². The number of rotatable bonds is 3. The molecular weight excluding hydrogens is 258 g/mol. The van der Waals surface area contributed by atoms with Crippen LogP contribution < -0.4 is 0 Å². The summed E-state index contributed by atoms with van der Waals surface area (Å²) in [7, 11) is -3.81. The van der Waals surface area contributed by atoms with Crippen molar-refractivity contribution in [3.8, 4) is 0 Å². The molecule has 6 nitrogen and oxygen atoms in total. The number of carbonyl (C=O) groups excluding carboxylic acids is 1. The normalized spacial score (nSPS) is 20.0. The number of sulfone groups is 1. The Bertz CT molecular complexity index is 608. The lowest BCUT2D eigenvalue weighted by atomic mass is 10.3. The highest BCUT2D eigenvalue weighted by Gasteiger charge is 2.37. The van der Waals surface area contributed by atoms with E-state index in [1.807, 2.05) is 0 Å². The first-order chi connectivity index (χ1) is 8.43. The largest absolute Gasteiger partial charge is 0.300 e. The Hall–Kier alpha value is -1.76. The fraction of sp³-hybridized carbons (Fsp3) is 0.364. The number of benzene rings is 1. The van der Waals surface area contributed by atoms with Crippen LogP contribution in [0.4, 0.5) is 5.69 Å². The molecule has 1 aliphatic rings. The predicted octanol–water partition coefficient (Wildman–Crippen LogP) is 1.49. The molecule has 18 heavy (non-hydrogen) atoms. The molecule has 1 aromatic carbocycles. The van der Waals surface area contributed by atoms with E-state index in [-0.39, 0.29) is 29.9 Å². The Morgan fingerprint density at radius 1 is 1.28 bits per heavy atom. The predicted molar refractivity (Wildman–Crippen MR) is 62.9 cm³/mol. The van der Waals surface area contributed by atoms with Crippen LogP contribution in [-0.2, 0) is 14.6 Å². The van der Waals surface area contributed by atoms with Gasteiger partial charge in [0.25, 0.3) is 5.69 Å². The van der Waals surface area contributed by atoms with Gasteiger partial charge in [-0.05, 0) is 12.5 Å². The maximum atomic E-state index is 12.2. The van der Waals surface area contributed by atoms with Crippen LogP contribution in [0.3, 0.4) is 0 Å². The number of carbonyl (C=O) groups is 1. The summed E-state index contributed by atoms with van der Waals surface area (Å²) in [5, 5.41) is 9.99. The lowest BCUT2D eigenvalue weighted by Crippen LogP contribution is -2.19. The van der Waals surface area contributed by atoms with Gasteiger partial charge in [0.15, 0.2) is 9.84 Å². The van der Waals surface area contributed by atoms with Gasteiger partial charge in [-0.1, -0.05) is 12.1 Å². The van der Waals surface area contributed by atoms with Crippen molar-refractivity contribution in [3.05, 3.63) is 34.4 Å². The average Bonchev–Trinajstić information content (AvgIpc) is 2.76. The van der Waals surface area contributed by atoms with Crippen LogP contribution in [0.2, 0.25) is 0 Å². The minimum absolute atomic E-state index is 0.0472. The minimum atomic E-state index is -3.81. The molecule has 0 aromatic heterocycles. The molecule has 96 valence electrons. The average molecular weight is 269 g/mol. The summed E-state index contributed by atoms with van der Waals surface area (Å²) < 4.78 is 24.5. The van der Waals surface area contributed by atoms with Crippen LogP contribution >= 0.6 is 0 Å². The molecule has 7 heteroatoms. The number of nitrogens with zero attached hydrogens (tertiary/aromatic N) is 1. The lowest BCUT2D eigenvalue weighted by molar-refractivity contribution is -0.387. The molecule has 2 rings (SSSR count). The molecule has 0 saturated heterocycles. The third-order valence-electron chi connectivity index (χ3n) is 3.01. The van der Waals surface area contributed by atoms with Crippen LogP contribution in [0.1, 0.15) is 19.3 Å². The summed E-state index contributed by atoms with van der Waals surface area (Å²) >= 11 is 0. The molecule has 1 aromatic rings. The summed E-state index contributed by atoms with van der Waals surface area (Å²) in [5.74, 6) is -0.109. The van der Waals surface area contributed by atoms with Crippen molar-refractivity contribution >= 4 is 21.3 Å². The van der Waals surface area contributed by atoms with Gasteiger partial charge in [0, 0.05) is 18.9 Å². The molecule has 0 aliphatic heterocycles. The van der Waals surface area contributed by atoms with E-state index in [4.69, 9.17) is 0 Å². The molecule has 1 saturated carbocycles. The molecule has 0 bridgehead atoms. The number of nitro benzene ring substituents is 1. The van der Waals surface area contributed by atoms with Gasteiger partial charge < -0.3 is 0 Å². The lowest BCUT2D eigenvalue weighted by Gasteiger charge is -2.10. The second-order valence-electron chi connectivity index (χ2n) is 4.17. The molecule has 0 heterocycles. The van der Waals surface area contributed by atoms with Gasteiger partial charge in [0.05, 0.1) is 10.2 Å². The van der Waals surface area contributed by atoms with E-state index in [0.717, 1.165) is 6.07 Å². The van der Waals surface area contributed by atoms with Crippen molar-refractivity contribution < 1.29 is 18.1 Å². The molecule has 1 fully saturated rings. The Labute approximate surface area is 104 Å². The van der Waals surface area contributed by atoms with Gasteiger partial charge in [0.1, 0.15) is 10.7 Å². The zero-order valence-corrected chi connectivity index (χ0v) is 10.2. The number of ketones is 1. The van der Waals surface area contributed by atoms with Crippen molar-refractivity contribution in [1.82, 2.24) is 0 Å². The fourth-order valence-corrected chi connectivity index (χ4v) is 3.97. The van der Waals surface area contributed by atoms with Gasteiger partial charge in [-0.15, -0.1) is 0 Å². The van der Waals surface area contributed by atoms with E-state index in [1.165, 1.54) is 18.2 Å². The Kier molecular flexibility index (Phi) is 3.16. The smallest absolute Gasteiger partial charge is 0.287 e. The summed E-state index contributed by atoms with van der Waals surface area (Å²) in [4.78, 5) is 21.0. The SMILES string of the molecule is O=C1CCC(S(=O)(=O)c2ccccc2[N+](=O)[O-])C1. The summed E-state index contributed by atoms with van der Waals surface area (Å²) in [6, 6.07) is 5.23. The monoisotopic (exact) mass is 269 g/mol. The van der Waals surface area contributed by atoms with Gasteiger partial charge in [0.2, 0.25) is 0 Å². The first-order valence-electron chi connectivity index (χ1n) is 5.42. The van der Waals surface area contributed by atoms with Crippen LogP contribution in [0.5, 0.6) is 0 Å². The Balaban J connectivity index is 2.48. The number of nitro groups is 1. The number of hydrogen-bond donors (Lipinski definition) is 0. The summed E-state index contributed by atoms with van der Waals surface area (Å²) in [6.07, 6.45) is 0.423. The fourth-order valence-electron chi connectivity index (χ4n) is 2.07. The van der Waals surface area contributed by atoms with E-state index in [2.05, 4.69) is 0 Å². The molecule has 1 atom stereocenters. The zero-order chi connectivity index (χ0) is 13.3. The third kappa shape index (κ3) is 2.13. The number of Topliss-reactive ketones (excluding diaryl/α,β-unsaturated/α-hetero) is 1. The number of para-hydroxylation sites is 1. The molecule has 0 radical (unpaired) electrons. The van der Waals surface area contributed by atoms with E-state index >= 15 is 0 Å². The van der Waals surface area contributed by atoms with Crippen molar-refractivity contribution in [2.24, 2.45) is 0 Å². The zero-order valence-electron chi connectivity index (χ0n) is 9.40. The standard InChI is InChI=1S/C11H11NO5S/c13-8-5-6-9(7-8)18(16,17)11-4-2-1-3-10(11)12(14)15/h1-4,9H,5-7H2. The third-order valence-corrected chi connectivity index (χ3v) is 5.25. The Morgan fingerprint density at radius 3 is 2.50 bits per heavy atom. The van der Waals surface area contributed by atoms with Gasteiger partial charge >= 0.3 is 0 Å². The van der Waals surface area contributed by atoms with Crippen molar-refractivity contribution in [2.45, 2.75) is 29.4 Å². The quantitative estimate of drug-likeness (QED) is 0.612. The second kappa shape index (κ2) is 4.49. The molecule has 1 unspecified atom stereocenters. The van der Waals surface area contributed by atoms with Crippen LogP contribution in [0.25, 0.3) is 0 Å². The Morgan fingerprint density at radius 2 is 1.94 bits per heavy atom. The van der Waals surface area contributed by atoms with Gasteiger partial charge in [-0.3, -0.25) is 14.9 Å². The summed E-state index contributed by atoms with van der Waals surface area (Å²) in [5.41, 5.74) is -0.433. The van der Waals surface area contributed by atoms with Crippen LogP contribution in [0, 0.1) is 10.1 Å². The van der Waals surface area contributed by atoms with E-state index in [1.54, 1.807) is 0 Å². The van der Waals surface area contributed by atoms with Crippen LogP contribution in [0.15, 0.2) is 29.2 Å². The molecule has 0 N–H and O–H groups in total. The first-order valence-corrected chi connectivity index (χ1v) is 6.96. The minimum Gasteiger partial charge on any atom is -0.300 e. The van der Waals surface area contributed by atoms with Crippen LogP contribution in [-0.4, -0.2) is 24.4 Å². The van der Waals surface area contributed by atoms with Crippen molar-refractivity contribution in [2.75, 3.05) is 0 Å². The maximum Gasteiger partial charge on any atom is 0.287 e. The molecular formula is C11H11NO5S. The van der Waals surface area contributed by atoms with Crippen molar-refractivity contribution in [3.63, 3.8) is 0 Å². The van der Waals surface area contributed by atoms with E-state index < -0.39 is 25.7 Å². The maximum absolute atomic E-state index is 12.2. The number of hydrogen-bond acceptors (Lipinski definition) is 5. The highest BCUT2D eigenvalue weighted by molar-refractivity contribution is 7.92. The van der Waals surface area contributed by atoms with E-state index in [0.29, 0.717) is 0 Å². The second-order valence-corrected chi connectivity index (χ2v) is 6.37. The highest BCUT2D eigenvalue weighted by atomic mass is 32.2. The van der Waals surface area contributed by atoms with Crippen molar-refractivity contribution in [1.29, 1.82) is 0 Å². The highest BCUT2D eigenvalue weighted by Crippen LogP contribution is 2.32. The summed E-state index contributed by atoms with van der Waals surface area (Å²) in [6.45, 7) is 0. The first kappa shape index (κ1) is 12.7. The topological polar surface area (TPSA) is 94.3 Å². The van der Waals surface area contributed by atoms with E-state index in [9.17, 15) is 23.3 Å². The molecule has 1 aliphatic carbocycles.